The van der Waals surface area contributed by atoms with Crippen LogP contribution >= 0.6 is 11.6 Å². The first-order valence-corrected chi connectivity index (χ1v) is 9.85. The number of aromatic nitrogens is 3. The van der Waals surface area contributed by atoms with Crippen molar-refractivity contribution in [3.8, 4) is 22.7 Å². The minimum atomic E-state index is -4.74. The van der Waals surface area contributed by atoms with Gasteiger partial charge in [0.2, 0.25) is 0 Å². The van der Waals surface area contributed by atoms with Crippen LogP contribution in [0.3, 0.4) is 0 Å². The molecule has 28 heavy (non-hydrogen) atoms. The molecule has 0 saturated heterocycles. The highest BCUT2D eigenvalue weighted by atomic mass is 35.5. The number of ether oxygens (including phenoxy) is 1. The van der Waals surface area contributed by atoms with E-state index in [9.17, 15) is 17.4 Å². The van der Waals surface area contributed by atoms with Crippen LogP contribution in [-0.2, 0) is 10.8 Å². The first-order chi connectivity index (χ1) is 13.2. The number of hydrogen-bond donors (Lipinski definition) is 0. The van der Waals surface area contributed by atoms with E-state index in [0.29, 0.717) is 33.3 Å². The molecule has 0 spiro atoms. The molecule has 0 aliphatic carbocycles. The molecule has 3 aromatic rings. The standard InChI is InChI=1S/C18H15ClF3N3O2S/c1-3-28(26)15-8-9-16(19)24-17(15)25-11(2)14(10-23-25)12-4-6-13(7-5-12)27-18(20,21)22/h4-10H,3H2,1-2H3. The van der Waals surface area contributed by atoms with E-state index >= 15 is 0 Å². The quantitative estimate of drug-likeness (QED) is 0.540. The fourth-order valence-electron chi connectivity index (χ4n) is 2.64. The van der Waals surface area contributed by atoms with Crippen LogP contribution in [0.1, 0.15) is 12.6 Å². The summed E-state index contributed by atoms with van der Waals surface area (Å²) in [5, 5.41) is 4.55. The zero-order valence-electron chi connectivity index (χ0n) is 14.8. The van der Waals surface area contributed by atoms with Gasteiger partial charge in [-0.2, -0.15) is 5.10 Å². The van der Waals surface area contributed by atoms with Gasteiger partial charge < -0.3 is 4.74 Å². The normalized spacial score (nSPS) is 12.8. The van der Waals surface area contributed by atoms with Crippen LogP contribution in [0.15, 0.2) is 47.5 Å². The van der Waals surface area contributed by atoms with Crippen molar-refractivity contribution in [1.29, 1.82) is 0 Å². The van der Waals surface area contributed by atoms with Crippen molar-refractivity contribution >= 4 is 22.4 Å². The van der Waals surface area contributed by atoms with Gasteiger partial charge in [-0.3, -0.25) is 4.21 Å². The summed E-state index contributed by atoms with van der Waals surface area (Å²) in [6.07, 6.45) is -3.18. The highest BCUT2D eigenvalue weighted by Gasteiger charge is 2.31. The van der Waals surface area contributed by atoms with Crippen LogP contribution in [0, 0.1) is 6.92 Å². The van der Waals surface area contributed by atoms with Crippen molar-refractivity contribution in [2.45, 2.75) is 25.1 Å². The third kappa shape index (κ3) is 4.36. The fraction of sp³-hybridized carbons (Fsp3) is 0.222. The molecule has 1 aromatic carbocycles. The Bertz CT molecular complexity index is 1020. The van der Waals surface area contributed by atoms with Gasteiger partial charge in [0.25, 0.3) is 0 Å². The third-order valence-electron chi connectivity index (χ3n) is 3.92. The fourth-order valence-corrected chi connectivity index (χ4v) is 3.65. The number of rotatable bonds is 5. The molecule has 0 saturated carbocycles. The molecule has 0 N–H and O–H groups in total. The zero-order valence-corrected chi connectivity index (χ0v) is 16.4. The summed E-state index contributed by atoms with van der Waals surface area (Å²) < 4.78 is 54.7. The average Bonchev–Trinajstić information content (AvgIpc) is 3.01. The first kappa shape index (κ1) is 20.3. The predicted octanol–water partition coefficient (Wildman–Crippen LogP) is 4.92. The number of benzene rings is 1. The van der Waals surface area contributed by atoms with Crippen molar-refractivity contribution < 1.29 is 22.1 Å². The second kappa shape index (κ2) is 7.92. The molecule has 0 aliphatic heterocycles. The Kier molecular flexibility index (Phi) is 5.76. The van der Waals surface area contributed by atoms with E-state index in [1.165, 1.54) is 28.9 Å². The number of alkyl halides is 3. The summed E-state index contributed by atoms with van der Waals surface area (Å²) in [5.41, 5.74) is 2.01. The van der Waals surface area contributed by atoms with E-state index in [2.05, 4.69) is 14.8 Å². The zero-order chi connectivity index (χ0) is 20.5. The van der Waals surface area contributed by atoms with Crippen molar-refractivity contribution in [3.63, 3.8) is 0 Å². The first-order valence-electron chi connectivity index (χ1n) is 8.15. The molecule has 10 heteroatoms. The van der Waals surface area contributed by atoms with Gasteiger partial charge in [0, 0.05) is 11.3 Å². The maximum absolute atomic E-state index is 12.3. The SMILES string of the molecule is CCS(=O)c1ccc(Cl)nc1-n1ncc(-c2ccc(OC(F)(F)F)cc2)c1C. The second-order valence-corrected chi connectivity index (χ2v) is 7.81. The van der Waals surface area contributed by atoms with E-state index < -0.39 is 17.2 Å². The molecule has 0 fully saturated rings. The van der Waals surface area contributed by atoms with Gasteiger partial charge in [0.1, 0.15) is 10.9 Å². The molecule has 0 radical (unpaired) electrons. The molecular weight excluding hydrogens is 415 g/mol. The number of nitrogens with zero attached hydrogens (tertiary/aromatic N) is 3. The topological polar surface area (TPSA) is 57.0 Å². The summed E-state index contributed by atoms with van der Waals surface area (Å²) in [6.45, 7) is 3.57. The predicted molar refractivity (Wildman–Crippen MR) is 100 cm³/mol. The minimum Gasteiger partial charge on any atom is -0.406 e. The summed E-state index contributed by atoms with van der Waals surface area (Å²) in [5.74, 6) is 0.455. The van der Waals surface area contributed by atoms with E-state index in [1.807, 2.05) is 0 Å². The van der Waals surface area contributed by atoms with Crippen LogP contribution in [-0.4, -0.2) is 31.1 Å². The lowest BCUT2D eigenvalue weighted by atomic mass is 10.1. The monoisotopic (exact) mass is 429 g/mol. The molecular formula is C18H15ClF3N3O2S. The Morgan fingerprint density at radius 1 is 1.18 bits per heavy atom. The van der Waals surface area contributed by atoms with E-state index in [4.69, 9.17) is 11.6 Å². The second-order valence-electron chi connectivity index (χ2n) is 5.72. The van der Waals surface area contributed by atoms with Crippen molar-refractivity contribution in [2.24, 2.45) is 0 Å². The van der Waals surface area contributed by atoms with Crippen molar-refractivity contribution in [3.05, 3.63) is 53.4 Å². The van der Waals surface area contributed by atoms with Crippen LogP contribution in [0.25, 0.3) is 16.9 Å². The smallest absolute Gasteiger partial charge is 0.406 e. The summed E-state index contributed by atoms with van der Waals surface area (Å²) in [4.78, 5) is 4.76. The Morgan fingerprint density at radius 2 is 1.86 bits per heavy atom. The van der Waals surface area contributed by atoms with Gasteiger partial charge in [-0.1, -0.05) is 30.7 Å². The van der Waals surface area contributed by atoms with Gasteiger partial charge in [-0.05, 0) is 36.8 Å². The molecule has 3 rings (SSSR count). The maximum atomic E-state index is 12.3. The lowest BCUT2D eigenvalue weighted by Crippen LogP contribution is -2.16. The third-order valence-corrected chi connectivity index (χ3v) is 5.47. The van der Waals surface area contributed by atoms with Crippen LogP contribution in [0.2, 0.25) is 5.15 Å². The molecule has 2 aromatic heterocycles. The van der Waals surface area contributed by atoms with Gasteiger partial charge in [0.05, 0.1) is 27.6 Å². The summed E-state index contributed by atoms with van der Waals surface area (Å²) >= 11 is 6.00. The Balaban J connectivity index is 2.00. The molecule has 5 nitrogen and oxygen atoms in total. The number of pyridine rings is 1. The van der Waals surface area contributed by atoms with Gasteiger partial charge in [0.15, 0.2) is 5.82 Å². The Morgan fingerprint density at radius 3 is 2.46 bits per heavy atom. The van der Waals surface area contributed by atoms with E-state index in [-0.39, 0.29) is 10.9 Å². The maximum Gasteiger partial charge on any atom is 0.573 e. The average molecular weight is 430 g/mol. The van der Waals surface area contributed by atoms with Gasteiger partial charge in [-0.25, -0.2) is 9.67 Å². The molecule has 0 bridgehead atoms. The molecule has 2 heterocycles. The van der Waals surface area contributed by atoms with E-state index in [0.717, 1.165) is 0 Å². The van der Waals surface area contributed by atoms with E-state index in [1.54, 1.807) is 32.2 Å². The Hall–Kier alpha value is -2.39. The summed E-state index contributed by atoms with van der Waals surface area (Å²) in [7, 11) is -1.27. The highest BCUT2D eigenvalue weighted by Crippen LogP contribution is 2.30. The minimum absolute atomic E-state index is 0.233. The molecule has 0 aliphatic rings. The molecule has 1 unspecified atom stereocenters. The summed E-state index contributed by atoms with van der Waals surface area (Å²) in [6, 6.07) is 8.68. The van der Waals surface area contributed by atoms with Crippen LogP contribution in [0.5, 0.6) is 5.75 Å². The van der Waals surface area contributed by atoms with Crippen LogP contribution in [0.4, 0.5) is 13.2 Å². The Labute approximate surface area is 166 Å². The van der Waals surface area contributed by atoms with Crippen molar-refractivity contribution in [1.82, 2.24) is 14.8 Å². The lowest BCUT2D eigenvalue weighted by Gasteiger charge is -2.11. The van der Waals surface area contributed by atoms with Crippen molar-refractivity contribution in [2.75, 3.05) is 5.75 Å². The van der Waals surface area contributed by atoms with Gasteiger partial charge >= 0.3 is 6.36 Å². The number of hydrogen-bond acceptors (Lipinski definition) is 4. The molecule has 0 amide bonds. The highest BCUT2D eigenvalue weighted by molar-refractivity contribution is 7.85. The number of halogens is 4. The largest absolute Gasteiger partial charge is 0.573 e. The van der Waals surface area contributed by atoms with Gasteiger partial charge in [-0.15, -0.1) is 13.2 Å². The molecule has 148 valence electrons. The lowest BCUT2D eigenvalue weighted by molar-refractivity contribution is -0.274. The van der Waals surface area contributed by atoms with Crippen LogP contribution < -0.4 is 4.74 Å². The molecule has 1 atom stereocenters.